The quantitative estimate of drug-likeness (QED) is 0.448. The van der Waals surface area contributed by atoms with Crippen molar-refractivity contribution in [1.29, 1.82) is 0 Å². The van der Waals surface area contributed by atoms with Crippen LogP contribution in [0.4, 0.5) is 10.1 Å². The fourth-order valence-electron chi connectivity index (χ4n) is 3.98. The van der Waals surface area contributed by atoms with E-state index in [4.69, 9.17) is 4.74 Å². The van der Waals surface area contributed by atoms with Gasteiger partial charge >= 0.3 is 0 Å². The molecule has 0 aromatic heterocycles. The third-order valence-corrected chi connectivity index (χ3v) is 5.79. The molecule has 0 bridgehead atoms. The molecule has 0 aliphatic carbocycles. The van der Waals surface area contributed by atoms with E-state index in [2.05, 4.69) is 35.5 Å². The Balaban J connectivity index is 1.70. The van der Waals surface area contributed by atoms with Crippen molar-refractivity contribution in [2.75, 3.05) is 31.6 Å². The molecule has 6 nitrogen and oxygen atoms in total. The second-order valence-corrected chi connectivity index (χ2v) is 8.31. The van der Waals surface area contributed by atoms with E-state index in [1.54, 1.807) is 13.2 Å². The van der Waals surface area contributed by atoms with Crippen LogP contribution in [0, 0.1) is 12.7 Å². The molecule has 1 fully saturated rings. The van der Waals surface area contributed by atoms with Crippen LogP contribution in [0.5, 0.6) is 5.75 Å². The minimum atomic E-state index is -0.276. The lowest BCUT2D eigenvalue weighted by atomic mass is 10.0. The van der Waals surface area contributed by atoms with Crippen LogP contribution in [0.25, 0.3) is 0 Å². The zero-order valence-corrected chi connectivity index (χ0v) is 19.5. The van der Waals surface area contributed by atoms with Gasteiger partial charge in [0.1, 0.15) is 11.6 Å². The highest BCUT2D eigenvalue weighted by Gasteiger charge is 2.20. The van der Waals surface area contributed by atoms with Crippen LogP contribution in [0.1, 0.15) is 49.4 Å². The monoisotopic (exact) mass is 442 g/mol. The summed E-state index contributed by atoms with van der Waals surface area (Å²) in [5, 5.41) is 16.4. The van der Waals surface area contributed by atoms with Gasteiger partial charge in [-0.15, -0.1) is 0 Å². The first kappa shape index (κ1) is 23.9. The summed E-state index contributed by atoms with van der Waals surface area (Å²) in [6.07, 6.45) is 1.07. The number of aliphatic hydroxyl groups excluding tert-OH is 1. The van der Waals surface area contributed by atoms with Gasteiger partial charge in [-0.25, -0.2) is 9.38 Å². The van der Waals surface area contributed by atoms with Crippen molar-refractivity contribution in [2.24, 2.45) is 4.99 Å². The van der Waals surface area contributed by atoms with E-state index in [0.717, 1.165) is 29.0 Å². The Kier molecular flexibility index (Phi) is 8.33. The van der Waals surface area contributed by atoms with E-state index in [1.807, 2.05) is 36.1 Å². The van der Waals surface area contributed by atoms with Crippen molar-refractivity contribution in [3.63, 3.8) is 0 Å². The van der Waals surface area contributed by atoms with Gasteiger partial charge in [0.25, 0.3) is 0 Å². The molecule has 0 saturated carbocycles. The van der Waals surface area contributed by atoms with Crippen LogP contribution in [-0.2, 0) is 6.54 Å². The molecule has 174 valence electrons. The highest BCUT2D eigenvalue weighted by Crippen LogP contribution is 2.26. The number of ether oxygens (including phenoxy) is 1. The summed E-state index contributed by atoms with van der Waals surface area (Å²) in [6.45, 7) is 8.56. The number of aliphatic imine (C=N–C) groups is 1. The molecule has 0 spiro atoms. The molecule has 1 saturated heterocycles. The van der Waals surface area contributed by atoms with E-state index in [0.29, 0.717) is 44.1 Å². The van der Waals surface area contributed by atoms with Gasteiger partial charge in [0, 0.05) is 25.2 Å². The minimum absolute atomic E-state index is 0.0174. The van der Waals surface area contributed by atoms with E-state index in [9.17, 15) is 9.50 Å². The van der Waals surface area contributed by atoms with Gasteiger partial charge in [-0.3, -0.25) is 0 Å². The number of guanidine groups is 1. The third kappa shape index (κ3) is 6.13. The highest BCUT2D eigenvalue weighted by molar-refractivity contribution is 5.80. The largest absolute Gasteiger partial charge is 0.496 e. The Morgan fingerprint density at radius 3 is 2.66 bits per heavy atom. The van der Waals surface area contributed by atoms with Gasteiger partial charge in [-0.2, -0.15) is 0 Å². The fraction of sp³-hybridized carbons (Fsp3) is 0.480. The molecule has 7 heteroatoms. The molecule has 32 heavy (non-hydrogen) atoms. The molecule has 1 atom stereocenters. The highest BCUT2D eigenvalue weighted by atomic mass is 19.1. The summed E-state index contributed by atoms with van der Waals surface area (Å²) in [4.78, 5) is 6.66. The summed E-state index contributed by atoms with van der Waals surface area (Å²) in [6, 6.07) is 11.4. The van der Waals surface area contributed by atoms with Crippen molar-refractivity contribution in [1.82, 2.24) is 10.6 Å². The summed E-state index contributed by atoms with van der Waals surface area (Å²) >= 11 is 0. The number of methoxy groups -OCH3 is 1. The summed E-state index contributed by atoms with van der Waals surface area (Å²) in [5.74, 6) is 1.25. The molecular formula is C25H35FN4O2. The predicted molar refractivity (Wildman–Crippen MR) is 128 cm³/mol. The van der Waals surface area contributed by atoms with Crippen LogP contribution >= 0.6 is 0 Å². The number of hydrogen-bond donors (Lipinski definition) is 3. The van der Waals surface area contributed by atoms with Crippen LogP contribution in [-0.4, -0.2) is 43.9 Å². The lowest BCUT2D eigenvalue weighted by Crippen LogP contribution is -2.38. The number of benzene rings is 2. The molecule has 1 aliphatic heterocycles. The van der Waals surface area contributed by atoms with Crippen LogP contribution in [0.15, 0.2) is 41.4 Å². The molecule has 3 rings (SSSR count). The summed E-state index contributed by atoms with van der Waals surface area (Å²) in [7, 11) is 1.67. The van der Waals surface area contributed by atoms with Crippen molar-refractivity contribution in [2.45, 2.75) is 52.3 Å². The minimum Gasteiger partial charge on any atom is -0.496 e. The Morgan fingerprint density at radius 2 is 2.00 bits per heavy atom. The summed E-state index contributed by atoms with van der Waals surface area (Å²) < 4.78 is 20.3. The van der Waals surface area contributed by atoms with Gasteiger partial charge in [-0.1, -0.05) is 23.8 Å². The first-order valence-corrected chi connectivity index (χ1v) is 11.3. The van der Waals surface area contributed by atoms with Crippen molar-refractivity contribution in [3.05, 3.63) is 58.9 Å². The lowest BCUT2D eigenvalue weighted by Gasteiger charge is -2.31. The Bertz CT molecular complexity index is 926. The average molecular weight is 443 g/mol. The SMILES string of the molecule is CCNC(=NCc1ccc(N2CCC(O)CC2)c(F)c1)NC(C)c1cc(C)ccc1OC. The van der Waals surface area contributed by atoms with Crippen molar-refractivity contribution in [3.8, 4) is 5.75 Å². The van der Waals surface area contributed by atoms with E-state index in [-0.39, 0.29) is 18.0 Å². The number of aliphatic hydroxyl groups is 1. The van der Waals surface area contributed by atoms with Crippen LogP contribution < -0.4 is 20.3 Å². The molecule has 3 N–H and O–H groups in total. The van der Waals surface area contributed by atoms with Gasteiger partial charge in [0.05, 0.1) is 31.5 Å². The number of anilines is 1. The number of piperidine rings is 1. The van der Waals surface area contributed by atoms with Gasteiger partial charge in [0.2, 0.25) is 0 Å². The van der Waals surface area contributed by atoms with E-state index in [1.165, 1.54) is 0 Å². The molecule has 1 heterocycles. The van der Waals surface area contributed by atoms with Crippen molar-refractivity contribution < 1.29 is 14.2 Å². The fourth-order valence-corrected chi connectivity index (χ4v) is 3.98. The summed E-state index contributed by atoms with van der Waals surface area (Å²) in [5.41, 5.74) is 3.62. The number of nitrogens with zero attached hydrogens (tertiary/aromatic N) is 2. The van der Waals surface area contributed by atoms with Gasteiger partial charge in [0.15, 0.2) is 5.96 Å². The number of hydrogen-bond acceptors (Lipinski definition) is 4. The van der Waals surface area contributed by atoms with E-state index >= 15 is 0 Å². The first-order valence-electron chi connectivity index (χ1n) is 11.3. The Labute approximate surface area is 190 Å². The van der Waals surface area contributed by atoms with E-state index < -0.39 is 0 Å². The second kappa shape index (κ2) is 11.2. The normalized spacial score (nSPS) is 16.1. The number of nitrogens with one attached hydrogen (secondary N) is 2. The number of rotatable bonds is 7. The van der Waals surface area contributed by atoms with Gasteiger partial charge in [-0.05, 0) is 57.4 Å². The zero-order valence-electron chi connectivity index (χ0n) is 19.5. The zero-order chi connectivity index (χ0) is 23.1. The molecule has 0 amide bonds. The molecular weight excluding hydrogens is 407 g/mol. The predicted octanol–water partition coefficient (Wildman–Crippen LogP) is 3.92. The third-order valence-electron chi connectivity index (χ3n) is 5.79. The maximum Gasteiger partial charge on any atom is 0.192 e. The first-order chi connectivity index (χ1) is 15.4. The maximum absolute atomic E-state index is 14.8. The van der Waals surface area contributed by atoms with Gasteiger partial charge < -0.3 is 25.4 Å². The standard InChI is InChI=1S/C25H35FN4O2/c1-5-27-25(29-18(3)21-14-17(2)6-9-24(21)32-4)28-16-19-7-8-23(22(26)15-19)30-12-10-20(31)11-13-30/h6-9,14-15,18,20,31H,5,10-13,16H2,1-4H3,(H2,27,28,29). The average Bonchev–Trinajstić information content (AvgIpc) is 2.78. The molecule has 1 unspecified atom stereocenters. The van der Waals surface area contributed by atoms with Crippen molar-refractivity contribution >= 4 is 11.6 Å². The molecule has 0 radical (unpaired) electrons. The maximum atomic E-state index is 14.8. The lowest BCUT2D eigenvalue weighted by molar-refractivity contribution is 0.145. The number of aryl methyl sites for hydroxylation is 1. The molecule has 2 aromatic carbocycles. The van der Waals surface area contributed by atoms with Crippen LogP contribution in [0.2, 0.25) is 0 Å². The topological polar surface area (TPSA) is 69.1 Å². The Morgan fingerprint density at radius 1 is 1.25 bits per heavy atom. The molecule has 1 aliphatic rings. The Hall–Kier alpha value is -2.80. The molecule has 2 aromatic rings. The van der Waals surface area contributed by atoms with Crippen LogP contribution in [0.3, 0.4) is 0 Å². The smallest absolute Gasteiger partial charge is 0.192 e. The second-order valence-electron chi connectivity index (χ2n) is 8.31. The number of halogens is 1.